The maximum atomic E-state index is 10.4. The molecule has 0 aromatic heterocycles. The van der Waals surface area contributed by atoms with Gasteiger partial charge in [0.15, 0.2) is 0 Å². The Morgan fingerprint density at radius 3 is 1.50 bits per heavy atom. The van der Waals surface area contributed by atoms with Crippen molar-refractivity contribution in [3.05, 3.63) is 0 Å². The quantitative estimate of drug-likeness (QED) is 0.329. The molecule has 0 aliphatic heterocycles. The molecule has 0 bridgehead atoms. The number of unbranched alkanes of at least 4 members (excludes halogenated alkanes) is 8. The third-order valence-electron chi connectivity index (χ3n) is 3.66. The molecule has 0 heterocycles. The highest BCUT2D eigenvalue weighted by atomic mass is 16.5. The van der Waals surface area contributed by atoms with Crippen molar-refractivity contribution in [2.45, 2.75) is 64.2 Å². The zero-order chi connectivity index (χ0) is 17.7. The summed E-state index contributed by atoms with van der Waals surface area (Å²) in [7, 11) is 0. The summed E-state index contributed by atoms with van der Waals surface area (Å²) in [6.45, 7) is 3.47. The van der Waals surface area contributed by atoms with Crippen LogP contribution in [-0.4, -0.2) is 62.4 Å². The summed E-state index contributed by atoms with van der Waals surface area (Å²) < 4.78 is 15.9. The molecular formula is C18H36O6. The standard InChI is InChI=1S/C18H36O6/c19-11-13-23-15-17-24-16-14-22-12-9-7-5-3-1-2-4-6-8-10-18(20)21/h19H,1-17H2,(H,20,21). The fraction of sp³-hybridized carbons (Fsp3) is 0.944. The van der Waals surface area contributed by atoms with Crippen LogP contribution < -0.4 is 0 Å². The van der Waals surface area contributed by atoms with Crippen LogP contribution in [0.25, 0.3) is 0 Å². The van der Waals surface area contributed by atoms with Gasteiger partial charge in [0, 0.05) is 13.0 Å². The van der Waals surface area contributed by atoms with Crippen LogP contribution in [0.3, 0.4) is 0 Å². The molecule has 0 saturated carbocycles. The highest BCUT2D eigenvalue weighted by Gasteiger charge is 1.97. The Morgan fingerprint density at radius 2 is 1.00 bits per heavy atom. The SMILES string of the molecule is O=C(O)CCCCCCCCCCCOCCOCCOCCO. The van der Waals surface area contributed by atoms with Crippen molar-refractivity contribution in [2.75, 3.05) is 46.2 Å². The third kappa shape index (κ3) is 21.3. The topological polar surface area (TPSA) is 85.2 Å². The first-order chi connectivity index (χ1) is 11.8. The zero-order valence-corrected chi connectivity index (χ0v) is 15.0. The molecule has 0 amide bonds. The van der Waals surface area contributed by atoms with E-state index in [-0.39, 0.29) is 6.61 Å². The summed E-state index contributed by atoms with van der Waals surface area (Å²) in [6.07, 6.45) is 10.6. The number of aliphatic hydroxyl groups excluding tert-OH is 1. The van der Waals surface area contributed by atoms with Crippen LogP contribution in [0.5, 0.6) is 0 Å². The molecule has 0 rings (SSSR count). The molecule has 6 heteroatoms. The molecule has 144 valence electrons. The number of carbonyl (C=O) groups is 1. The van der Waals surface area contributed by atoms with E-state index in [0.717, 1.165) is 32.3 Å². The van der Waals surface area contributed by atoms with E-state index in [1.54, 1.807) is 0 Å². The normalized spacial score (nSPS) is 11.0. The second-order valence-electron chi connectivity index (χ2n) is 5.89. The summed E-state index contributed by atoms with van der Waals surface area (Å²) >= 11 is 0. The Bertz CT molecular complexity index is 260. The molecule has 0 radical (unpaired) electrons. The maximum Gasteiger partial charge on any atom is 0.303 e. The molecule has 0 aliphatic rings. The molecule has 0 aliphatic carbocycles. The van der Waals surface area contributed by atoms with Gasteiger partial charge in [0.2, 0.25) is 0 Å². The van der Waals surface area contributed by atoms with E-state index in [2.05, 4.69) is 0 Å². The molecule has 24 heavy (non-hydrogen) atoms. The molecule has 0 aromatic carbocycles. The lowest BCUT2D eigenvalue weighted by Gasteiger charge is -2.06. The minimum absolute atomic E-state index is 0.0515. The summed E-state index contributed by atoms with van der Waals surface area (Å²) in [5.41, 5.74) is 0. The molecule has 2 N–H and O–H groups in total. The number of aliphatic hydroxyl groups is 1. The summed E-state index contributed by atoms with van der Waals surface area (Å²) in [5.74, 6) is -0.684. The van der Waals surface area contributed by atoms with Crippen molar-refractivity contribution in [1.29, 1.82) is 0 Å². The van der Waals surface area contributed by atoms with Crippen LogP contribution in [-0.2, 0) is 19.0 Å². The smallest absolute Gasteiger partial charge is 0.303 e. The summed E-state index contributed by atoms with van der Waals surface area (Å²) in [4.78, 5) is 10.4. The Kier molecular flexibility index (Phi) is 19.8. The van der Waals surface area contributed by atoms with Gasteiger partial charge in [0.05, 0.1) is 39.6 Å². The second kappa shape index (κ2) is 20.4. The van der Waals surface area contributed by atoms with E-state index < -0.39 is 5.97 Å². The van der Waals surface area contributed by atoms with Crippen molar-refractivity contribution in [3.8, 4) is 0 Å². The minimum atomic E-state index is -0.684. The molecule has 0 aromatic rings. The van der Waals surface area contributed by atoms with Gasteiger partial charge in [-0.05, 0) is 12.8 Å². The Morgan fingerprint density at radius 1 is 0.583 bits per heavy atom. The number of hydrogen-bond acceptors (Lipinski definition) is 5. The van der Waals surface area contributed by atoms with Crippen molar-refractivity contribution in [2.24, 2.45) is 0 Å². The predicted molar refractivity (Wildman–Crippen MR) is 93.3 cm³/mol. The lowest BCUT2D eigenvalue weighted by Crippen LogP contribution is -2.11. The molecule has 6 nitrogen and oxygen atoms in total. The molecule has 0 spiro atoms. The van der Waals surface area contributed by atoms with Gasteiger partial charge in [-0.2, -0.15) is 0 Å². The van der Waals surface area contributed by atoms with Gasteiger partial charge in [-0.1, -0.05) is 44.9 Å². The number of aliphatic carboxylic acids is 1. The van der Waals surface area contributed by atoms with Gasteiger partial charge in [0.25, 0.3) is 0 Å². The van der Waals surface area contributed by atoms with Gasteiger partial charge in [-0.15, -0.1) is 0 Å². The average Bonchev–Trinajstić information content (AvgIpc) is 2.56. The molecule has 0 atom stereocenters. The van der Waals surface area contributed by atoms with Crippen LogP contribution in [0.1, 0.15) is 64.2 Å². The Labute approximate surface area is 146 Å². The van der Waals surface area contributed by atoms with Crippen molar-refractivity contribution in [3.63, 3.8) is 0 Å². The highest BCUT2D eigenvalue weighted by Crippen LogP contribution is 2.10. The summed E-state index contributed by atoms with van der Waals surface area (Å²) in [6, 6.07) is 0. The Hall–Kier alpha value is -0.690. The van der Waals surface area contributed by atoms with Crippen LogP contribution in [0.4, 0.5) is 0 Å². The van der Waals surface area contributed by atoms with E-state index in [0.29, 0.717) is 39.5 Å². The molecular weight excluding hydrogens is 312 g/mol. The van der Waals surface area contributed by atoms with Crippen LogP contribution in [0.2, 0.25) is 0 Å². The van der Waals surface area contributed by atoms with Crippen LogP contribution in [0, 0.1) is 0 Å². The molecule has 0 saturated heterocycles. The molecule has 0 fully saturated rings. The lowest BCUT2D eigenvalue weighted by atomic mass is 10.1. The van der Waals surface area contributed by atoms with Gasteiger partial charge in [-0.3, -0.25) is 4.79 Å². The predicted octanol–water partition coefficient (Wildman–Crippen LogP) is 3.01. The van der Waals surface area contributed by atoms with E-state index in [1.807, 2.05) is 0 Å². The fourth-order valence-electron chi connectivity index (χ4n) is 2.32. The fourth-order valence-corrected chi connectivity index (χ4v) is 2.32. The average molecular weight is 348 g/mol. The number of carboxylic acid groups (broad SMARTS) is 1. The number of rotatable bonds is 20. The monoisotopic (exact) mass is 348 g/mol. The van der Waals surface area contributed by atoms with Crippen molar-refractivity contribution >= 4 is 5.97 Å². The van der Waals surface area contributed by atoms with Crippen molar-refractivity contribution in [1.82, 2.24) is 0 Å². The molecule has 0 unspecified atom stereocenters. The van der Waals surface area contributed by atoms with E-state index in [9.17, 15) is 4.79 Å². The second-order valence-corrected chi connectivity index (χ2v) is 5.89. The lowest BCUT2D eigenvalue weighted by molar-refractivity contribution is -0.137. The third-order valence-corrected chi connectivity index (χ3v) is 3.66. The minimum Gasteiger partial charge on any atom is -0.481 e. The Balaban J connectivity index is 2.97. The van der Waals surface area contributed by atoms with E-state index in [4.69, 9.17) is 24.4 Å². The first kappa shape index (κ1) is 23.3. The number of carboxylic acids is 1. The summed E-state index contributed by atoms with van der Waals surface area (Å²) in [5, 5.41) is 17.0. The van der Waals surface area contributed by atoms with Crippen molar-refractivity contribution < 1.29 is 29.2 Å². The van der Waals surface area contributed by atoms with Crippen LogP contribution >= 0.6 is 0 Å². The van der Waals surface area contributed by atoms with Gasteiger partial charge >= 0.3 is 5.97 Å². The van der Waals surface area contributed by atoms with Gasteiger partial charge < -0.3 is 24.4 Å². The van der Waals surface area contributed by atoms with Gasteiger partial charge in [-0.25, -0.2) is 0 Å². The van der Waals surface area contributed by atoms with Crippen LogP contribution in [0.15, 0.2) is 0 Å². The zero-order valence-electron chi connectivity index (χ0n) is 15.0. The number of ether oxygens (including phenoxy) is 3. The van der Waals surface area contributed by atoms with E-state index in [1.165, 1.54) is 32.1 Å². The van der Waals surface area contributed by atoms with Gasteiger partial charge in [0.1, 0.15) is 0 Å². The first-order valence-electron chi connectivity index (χ1n) is 9.33. The largest absolute Gasteiger partial charge is 0.481 e. The highest BCUT2D eigenvalue weighted by molar-refractivity contribution is 5.66. The number of hydrogen-bond donors (Lipinski definition) is 2. The maximum absolute atomic E-state index is 10.4. The first-order valence-corrected chi connectivity index (χ1v) is 9.33. The van der Waals surface area contributed by atoms with E-state index >= 15 is 0 Å².